The monoisotopic (exact) mass is 337 g/mol. The van der Waals surface area contributed by atoms with Gasteiger partial charge in [-0.25, -0.2) is 4.39 Å². The molecule has 20 heavy (non-hydrogen) atoms. The second-order valence-corrected chi connectivity index (χ2v) is 5.25. The van der Waals surface area contributed by atoms with Gasteiger partial charge in [0.15, 0.2) is 0 Å². The van der Waals surface area contributed by atoms with E-state index in [1.807, 2.05) is 0 Å². The smallest absolute Gasteiger partial charge is 0.251 e. The minimum absolute atomic E-state index is 0.211. The van der Waals surface area contributed by atoms with Crippen molar-refractivity contribution < 1.29 is 14.3 Å². The maximum absolute atomic E-state index is 13.2. The predicted molar refractivity (Wildman–Crippen MR) is 78.2 cm³/mol. The van der Waals surface area contributed by atoms with E-state index in [0.29, 0.717) is 17.4 Å². The molecule has 0 heterocycles. The molecule has 3 nitrogen and oxygen atoms in total. The highest BCUT2D eigenvalue weighted by molar-refractivity contribution is 9.10. The number of amides is 1. The van der Waals surface area contributed by atoms with Crippen molar-refractivity contribution in [1.82, 2.24) is 5.32 Å². The van der Waals surface area contributed by atoms with Crippen LogP contribution in [0.15, 0.2) is 46.9 Å². The summed E-state index contributed by atoms with van der Waals surface area (Å²) in [7, 11) is 0. The Morgan fingerprint density at radius 1 is 1.20 bits per heavy atom. The van der Waals surface area contributed by atoms with Gasteiger partial charge in [0, 0.05) is 16.6 Å². The van der Waals surface area contributed by atoms with Crippen molar-refractivity contribution in [3.05, 3.63) is 63.9 Å². The van der Waals surface area contributed by atoms with Gasteiger partial charge in [0.25, 0.3) is 5.91 Å². The fourth-order valence-corrected chi connectivity index (χ4v) is 2.24. The highest BCUT2D eigenvalue weighted by Gasteiger charge is 2.07. The van der Waals surface area contributed by atoms with Gasteiger partial charge in [-0.05, 0) is 42.3 Å². The summed E-state index contributed by atoms with van der Waals surface area (Å²) in [6, 6.07) is 10.8. The predicted octanol–water partition coefficient (Wildman–Crippen LogP) is 3.27. The normalized spacial score (nSPS) is 10.3. The van der Waals surface area contributed by atoms with Crippen LogP contribution in [0.2, 0.25) is 0 Å². The molecule has 0 aliphatic rings. The second-order valence-electron chi connectivity index (χ2n) is 4.33. The second kappa shape index (κ2) is 6.52. The third-order valence-corrected chi connectivity index (χ3v) is 3.22. The van der Waals surface area contributed by atoms with Gasteiger partial charge in [0.05, 0.1) is 0 Å². The van der Waals surface area contributed by atoms with Gasteiger partial charge in [-0.2, -0.15) is 0 Å². The summed E-state index contributed by atoms with van der Waals surface area (Å²) in [5, 5.41) is 11.9. The first-order valence-corrected chi connectivity index (χ1v) is 6.86. The van der Waals surface area contributed by atoms with Crippen LogP contribution >= 0.6 is 15.9 Å². The fourth-order valence-electron chi connectivity index (χ4n) is 1.77. The lowest BCUT2D eigenvalue weighted by Crippen LogP contribution is -2.25. The Morgan fingerprint density at radius 3 is 2.55 bits per heavy atom. The van der Waals surface area contributed by atoms with Crippen LogP contribution in [0, 0.1) is 5.82 Å². The van der Waals surface area contributed by atoms with Crippen molar-refractivity contribution in [2.75, 3.05) is 6.54 Å². The highest BCUT2D eigenvalue weighted by Crippen LogP contribution is 2.15. The largest absolute Gasteiger partial charge is 0.508 e. The van der Waals surface area contributed by atoms with Crippen LogP contribution in [-0.2, 0) is 6.42 Å². The molecule has 104 valence electrons. The molecule has 2 rings (SSSR count). The van der Waals surface area contributed by atoms with E-state index in [2.05, 4.69) is 21.2 Å². The van der Waals surface area contributed by atoms with Crippen molar-refractivity contribution in [1.29, 1.82) is 0 Å². The summed E-state index contributed by atoms with van der Waals surface area (Å²) in [6.45, 7) is 0.442. The zero-order chi connectivity index (χ0) is 14.5. The van der Waals surface area contributed by atoms with Crippen LogP contribution in [0.4, 0.5) is 4.39 Å². The SMILES string of the molecule is O=C(NCCc1ccc(O)cc1)c1cc(F)cc(Br)c1. The number of phenolic OH excluding ortho intramolecular Hbond substituents is 1. The minimum atomic E-state index is -0.456. The van der Waals surface area contributed by atoms with Gasteiger partial charge >= 0.3 is 0 Å². The van der Waals surface area contributed by atoms with Gasteiger partial charge in [0.1, 0.15) is 11.6 Å². The Hall–Kier alpha value is -1.88. The fraction of sp³-hybridized carbons (Fsp3) is 0.133. The lowest BCUT2D eigenvalue weighted by molar-refractivity contribution is 0.0953. The van der Waals surface area contributed by atoms with Crippen molar-refractivity contribution in [2.45, 2.75) is 6.42 Å². The Bertz CT molecular complexity index is 594. The number of carbonyl (C=O) groups excluding carboxylic acids is 1. The highest BCUT2D eigenvalue weighted by atomic mass is 79.9. The molecule has 0 bridgehead atoms. The number of benzene rings is 2. The molecule has 0 aliphatic carbocycles. The van der Waals surface area contributed by atoms with Crippen molar-refractivity contribution in [3.8, 4) is 5.75 Å². The molecule has 0 atom stereocenters. The Balaban J connectivity index is 1.90. The molecule has 0 aromatic heterocycles. The molecule has 0 saturated heterocycles. The maximum atomic E-state index is 13.2. The molecule has 0 spiro atoms. The molecule has 2 aromatic rings. The molecule has 0 aliphatic heterocycles. The molecule has 2 aromatic carbocycles. The average Bonchev–Trinajstić information content (AvgIpc) is 2.40. The van der Waals surface area contributed by atoms with Gasteiger partial charge < -0.3 is 10.4 Å². The van der Waals surface area contributed by atoms with Crippen molar-refractivity contribution in [2.24, 2.45) is 0 Å². The van der Waals surface area contributed by atoms with Gasteiger partial charge in [0.2, 0.25) is 0 Å². The zero-order valence-electron chi connectivity index (χ0n) is 10.6. The van der Waals surface area contributed by atoms with Crippen LogP contribution in [0.3, 0.4) is 0 Å². The third kappa shape index (κ3) is 4.06. The van der Waals surface area contributed by atoms with E-state index in [1.165, 1.54) is 12.1 Å². The number of hydrogen-bond acceptors (Lipinski definition) is 2. The Morgan fingerprint density at radius 2 is 1.90 bits per heavy atom. The first kappa shape index (κ1) is 14.5. The van der Waals surface area contributed by atoms with E-state index in [4.69, 9.17) is 5.11 Å². The lowest BCUT2D eigenvalue weighted by Gasteiger charge is -2.06. The third-order valence-electron chi connectivity index (χ3n) is 2.76. The molecule has 0 saturated carbocycles. The van der Waals surface area contributed by atoms with Gasteiger partial charge in [-0.15, -0.1) is 0 Å². The Labute approximate surface area is 124 Å². The lowest BCUT2D eigenvalue weighted by atomic mass is 10.1. The standard InChI is InChI=1S/C15H13BrFNO2/c16-12-7-11(8-13(17)9-12)15(20)18-6-5-10-1-3-14(19)4-2-10/h1-4,7-9,19H,5-6H2,(H,18,20). The Kier molecular flexibility index (Phi) is 4.74. The maximum Gasteiger partial charge on any atom is 0.251 e. The molecular formula is C15H13BrFNO2. The van der Waals surface area contributed by atoms with Crippen LogP contribution < -0.4 is 5.32 Å². The number of phenols is 1. The van der Waals surface area contributed by atoms with Gasteiger partial charge in [-0.3, -0.25) is 4.79 Å². The van der Waals surface area contributed by atoms with E-state index in [9.17, 15) is 9.18 Å². The van der Waals surface area contributed by atoms with Crippen molar-refractivity contribution >= 4 is 21.8 Å². The first-order chi connectivity index (χ1) is 9.54. The van der Waals surface area contributed by atoms with Crippen LogP contribution in [0.5, 0.6) is 5.75 Å². The summed E-state index contributed by atoms with van der Waals surface area (Å²) in [4.78, 5) is 11.9. The summed E-state index contributed by atoms with van der Waals surface area (Å²) in [5.41, 5.74) is 1.28. The summed E-state index contributed by atoms with van der Waals surface area (Å²) < 4.78 is 13.7. The van der Waals surface area contributed by atoms with E-state index in [0.717, 1.165) is 5.56 Å². The van der Waals surface area contributed by atoms with E-state index in [-0.39, 0.29) is 17.2 Å². The van der Waals surface area contributed by atoms with Crippen LogP contribution in [-0.4, -0.2) is 17.6 Å². The molecular weight excluding hydrogens is 325 g/mol. The number of hydrogen-bond donors (Lipinski definition) is 2. The van der Waals surface area contributed by atoms with Crippen molar-refractivity contribution in [3.63, 3.8) is 0 Å². The van der Waals surface area contributed by atoms with Crippen LogP contribution in [0.1, 0.15) is 15.9 Å². The summed E-state index contributed by atoms with van der Waals surface area (Å²) in [5.74, 6) is -0.561. The molecule has 0 fully saturated rings. The van der Waals surface area contributed by atoms with Crippen LogP contribution in [0.25, 0.3) is 0 Å². The molecule has 0 radical (unpaired) electrons. The van der Waals surface area contributed by atoms with E-state index in [1.54, 1.807) is 30.3 Å². The first-order valence-electron chi connectivity index (χ1n) is 6.07. The molecule has 5 heteroatoms. The molecule has 2 N–H and O–H groups in total. The number of rotatable bonds is 4. The minimum Gasteiger partial charge on any atom is -0.508 e. The summed E-state index contributed by atoms with van der Waals surface area (Å²) >= 11 is 3.15. The number of halogens is 2. The number of aromatic hydroxyl groups is 1. The molecule has 0 unspecified atom stereocenters. The number of nitrogens with one attached hydrogen (secondary N) is 1. The zero-order valence-corrected chi connectivity index (χ0v) is 12.2. The average molecular weight is 338 g/mol. The quantitative estimate of drug-likeness (QED) is 0.899. The summed E-state index contributed by atoms with van der Waals surface area (Å²) in [6.07, 6.45) is 0.641. The molecule has 1 amide bonds. The van der Waals surface area contributed by atoms with Gasteiger partial charge in [-0.1, -0.05) is 28.1 Å². The number of carbonyl (C=O) groups is 1. The topological polar surface area (TPSA) is 49.3 Å². The van der Waals surface area contributed by atoms with E-state index < -0.39 is 5.82 Å². The van der Waals surface area contributed by atoms with E-state index >= 15 is 0 Å².